The van der Waals surface area contributed by atoms with E-state index in [0.29, 0.717) is 22.5 Å². The average Bonchev–Trinajstić information content (AvgIpc) is 2.74. The summed E-state index contributed by atoms with van der Waals surface area (Å²) in [7, 11) is 1.41. The number of allylic oxidation sites excluding steroid dienone is 1. The zero-order valence-electron chi connectivity index (χ0n) is 17.9. The topological polar surface area (TPSA) is 167 Å². The second-order valence-corrected chi connectivity index (χ2v) is 7.36. The average molecular weight is 440 g/mol. The molecule has 10 heteroatoms. The van der Waals surface area contributed by atoms with Gasteiger partial charge in [0.1, 0.15) is 12.4 Å². The number of carbonyl (C=O) groups excluding carboxylic acids is 3. The Hall–Kier alpha value is -4.08. The van der Waals surface area contributed by atoms with Gasteiger partial charge in [0, 0.05) is 23.0 Å². The fraction of sp³-hybridized carbons (Fsp3) is 0.273. The molecule has 1 aliphatic rings. The smallest absolute Gasteiger partial charge is 0.336 e. The van der Waals surface area contributed by atoms with Crippen LogP contribution in [-0.4, -0.2) is 36.5 Å². The second-order valence-electron chi connectivity index (χ2n) is 7.36. The first kappa shape index (κ1) is 22.6. The Morgan fingerprint density at radius 1 is 1.16 bits per heavy atom. The predicted molar refractivity (Wildman–Crippen MR) is 116 cm³/mol. The molecule has 0 fully saturated rings. The second kappa shape index (κ2) is 8.96. The highest BCUT2D eigenvalue weighted by atomic mass is 16.5. The van der Waals surface area contributed by atoms with Crippen molar-refractivity contribution in [3.8, 4) is 5.75 Å². The number of nitrogens with one attached hydrogen (secondary N) is 2. The molecular weight excluding hydrogens is 416 g/mol. The first-order chi connectivity index (χ1) is 15.1. The van der Waals surface area contributed by atoms with Crippen molar-refractivity contribution in [3.63, 3.8) is 0 Å². The number of carbonyl (C=O) groups is 3. The Morgan fingerprint density at radius 3 is 2.50 bits per heavy atom. The van der Waals surface area contributed by atoms with Gasteiger partial charge in [-0.05, 0) is 31.5 Å². The Labute approximate surface area is 183 Å². The van der Waals surface area contributed by atoms with E-state index in [2.05, 4.69) is 10.3 Å². The number of rotatable bonds is 7. The number of anilines is 1. The summed E-state index contributed by atoms with van der Waals surface area (Å²) in [4.78, 5) is 51.3. The number of amides is 2. The fourth-order valence-corrected chi connectivity index (χ4v) is 3.71. The molecule has 3 rings (SSSR count). The van der Waals surface area contributed by atoms with Crippen LogP contribution in [0.5, 0.6) is 5.75 Å². The maximum absolute atomic E-state index is 13.1. The summed E-state index contributed by atoms with van der Waals surface area (Å²) >= 11 is 0. The number of primary amides is 2. The van der Waals surface area contributed by atoms with Crippen molar-refractivity contribution >= 4 is 23.5 Å². The summed E-state index contributed by atoms with van der Waals surface area (Å²) in [5.74, 6) is -2.56. The zero-order valence-corrected chi connectivity index (χ0v) is 17.9. The van der Waals surface area contributed by atoms with Crippen molar-refractivity contribution < 1.29 is 23.9 Å². The first-order valence-electron chi connectivity index (χ1n) is 9.78. The molecular formula is C22H24N4O6. The van der Waals surface area contributed by atoms with Crippen LogP contribution in [0.15, 0.2) is 40.5 Å². The van der Waals surface area contributed by atoms with Crippen LogP contribution in [-0.2, 0) is 14.3 Å². The van der Waals surface area contributed by atoms with Gasteiger partial charge in [-0.25, -0.2) is 4.79 Å². The maximum atomic E-state index is 13.1. The lowest BCUT2D eigenvalue weighted by Gasteiger charge is -2.31. The quantitative estimate of drug-likeness (QED) is 0.467. The number of aromatic amines is 1. The van der Waals surface area contributed by atoms with E-state index >= 15 is 0 Å². The third-order valence-electron chi connectivity index (χ3n) is 5.25. The molecule has 0 saturated carbocycles. The lowest BCUT2D eigenvalue weighted by atomic mass is 9.80. The molecule has 1 unspecified atom stereocenters. The van der Waals surface area contributed by atoms with E-state index in [9.17, 15) is 19.2 Å². The van der Waals surface area contributed by atoms with Crippen molar-refractivity contribution in [2.45, 2.75) is 26.2 Å². The summed E-state index contributed by atoms with van der Waals surface area (Å²) < 4.78 is 10.7. The third-order valence-corrected chi connectivity index (χ3v) is 5.25. The van der Waals surface area contributed by atoms with E-state index in [0.717, 1.165) is 5.56 Å². The highest BCUT2D eigenvalue weighted by molar-refractivity contribution is 5.96. The van der Waals surface area contributed by atoms with Gasteiger partial charge in [-0.15, -0.1) is 0 Å². The molecule has 0 aliphatic carbocycles. The molecule has 6 N–H and O–H groups in total. The minimum atomic E-state index is -0.868. The number of pyridine rings is 1. The standard InChI is InChI=1S/C22H24N4O6/c1-10-9-25-21(29)18-17(13-5-4-12(20(24)28)8-14(13)31-3)16(11(2)26-19(10)18)22(30)32-7-6-15(23)27/h4-5,8-9,17,26H,6-7H2,1-3H3,(H2,23,27)(H2,24,28)(H,25,29). The molecule has 0 bridgehead atoms. The number of aromatic nitrogens is 1. The molecule has 1 atom stereocenters. The highest BCUT2D eigenvalue weighted by Crippen LogP contribution is 2.44. The van der Waals surface area contributed by atoms with Crippen LogP contribution in [0.3, 0.4) is 0 Å². The number of hydrogen-bond acceptors (Lipinski definition) is 7. The van der Waals surface area contributed by atoms with Crippen LogP contribution >= 0.6 is 0 Å². The Kier molecular flexibility index (Phi) is 6.33. The molecule has 1 aliphatic heterocycles. The minimum absolute atomic E-state index is 0.136. The van der Waals surface area contributed by atoms with Crippen molar-refractivity contribution in [1.82, 2.24) is 4.98 Å². The number of hydrogen-bond donors (Lipinski definition) is 4. The molecule has 2 aromatic rings. The fourth-order valence-electron chi connectivity index (χ4n) is 3.71. The van der Waals surface area contributed by atoms with Crippen LogP contribution in [0.25, 0.3) is 0 Å². The summed E-state index contributed by atoms with van der Waals surface area (Å²) in [6, 6.07) is 4.54. The van der Waals surface area contributed by atoms with Crippen LogP contribution in [0.1, 0.15) is 46.3 Å². The number of methoxy groups -OCH3 is 1. The van der Waals surface area contributed by atoms with Crippen LogP contribution in [0.2, 0.25) is 0 Å². The predicted octanol–water partition coefficient (Wildman–Crippen LogP) is 1.04. The van der Waals surface area contributed by atoms with Gasteiger partial charge < -0.3 is 31.2 Å². The zero-order chi connectivity index (χ0) is 23.6. The van der Waals surface area contributed by atoms with E-state index < -0.39 is 29.3 Å². The van der Waals surface area contributed by atoms with E-state index in [4.69, 9.17) is 20.9 Å². The van der Waals surface area contributed by atoms with Gasteiger partial charge in [-0.2, -0.15) is 0 Å². The van der Waals surface area contributed by atoms with Gasteiger partial charge in [0.05, 0.1) is 36.3 Å². The Morgan fingerprint density at radius 2 is 1.88 bits per heavy atom. The Balaban J connectivity index is 2.22. The van der Waals surface area contributed by atoms with Crippen LogP contribution < -0.4 is 27.1 Å². The SMILES string of the molecule is COc1cc(C(N)=O)ccc1C1C(C(=O)OCCC(N)=O)=C(C)Nc2c(C)c[nH]c(=O)c21. The number of esters is 1. The molecule has 0 saturated heterocycles. The third kappa shape index (κ3) is 4.20. The number of benzene rings is 1. The lowest BCUT2D eigenvalue weighted by Crippen LogP contribution is -2.31. The number of nitrogens with two attached hydrogens (primary N) is 2. The van der Waals surface area contributed by atoms with Crippen molar-refractivity contribution in [1.29, 1.82) is 0 Å². The highest BCUT2D eigenvalue weighted by Gasteiger charge is 2.37. The van der Waals surface area contributed by atoms with E-state index in [1.807, 2.05) is 6.92 Å². The summed E-state index contributed by atoms with van der Waals surface area (Å²) in [6.07, 6.45) is 1.44. The summed E-state index contributed by atoms with van der Waals surface area (Å²) in [5, 5.41) is 3.12. The number of aryl methyl sites for hydroxylation is 1. The Bertz CT molecular complexity index is 1200. The lowest BCUT2D eigenvalue weighted by molar-refractivity contribution is -0.140. The van der Waals surface area contributed by atoms with Gasteiger partial charge in [-0.3, -0.25) is 14.4 Å². The maximum Gasteiger partial charge on any atom is 0.336 e. The van der Waals surface area contributed by atoms with Gasteiger partial charge in [0.15, 0.2) is 0 Å². The molecule has 10 nitrogen and oxygen atoms in total. The van der Waals surface area contributed by atoms with Crippen molar-refractivity contribution in [2.75, 3.05) is 19.0 Å². The molecule has 2 amide bonds. The van der Waals surface area contributed by atoms with E-state index in [1.165, 1.54) is 19.2 Å². The molecule has 168 valence electrons. The molecule has 0 spiro atoms. The molecule has 1 aromatic carbocycles. The number of H-pyrrole nitrogens is 1. The van der Waals surface area contributed by atoms with Gasteiger partial charge in [-0.1, -0.05) is 6.07 Å². The first-order valence-corrected chi connectivity index (χ1v) is 9.78. The number of ether oxygens (including phenoxy) is 2. The van der Waals surface area contributed by atoms with Gasteiger partial charge >= 0.3 is 5.97 Å². The van der Waals surface area contributed by atoms with Gasteiger partial charge in [0.2, 0.25) is 11.8 Å². The van der Waals surface area contributed by atoms with Crippen LogP contribution in [0.4, 0.5) is 5.69 Å². The van der Waals surface area contributed by atoms with E-state index in [1.54, 1.807) is 19.2 Å². The van der Waals surface area contributed by atoms with Crippen molar-refractivity contribution in [2.24, 2.45) is 11.5 Å². The van der Waals surface area contributed by atoms with Gasteiger partial charge in [0.25, 0.3) is 5.56 Å². The van der Waals surface area contributed by atoms with Crippen molar-refractivity contribution in [3.05, 3.63) is 68.3 Å². The molecule has 2 heterocycles. The summed E-state index contributed by atoms with van der Waals surface area (Å²) in [6.45, 7) is 3.30. The normalized spacial score (nSPS) is 14.9. The monoisotopic (exact) mass is 440 g/mol. The minimum Gasteiger partial charge on any atom is -0.496 e. The van der Waals surface area contributed by atoms with E-state index in [-0.39, 0.29) is 29.9 Å². The molecule has 1 aromatic heterocycles. The summed E-state index contributed by atoms with van der Waals surface area (Å²) in [5.41, 5.74) is 13.0. The number of fused-ring (bicyclic) bond motifs is 1. The van der Waals surface area contributed by atoms with Crippen LogP contribution in [0, 0.1) is 6.92 Å². The molecule has 0 radical (unpaired) electrons. The largest absolute Gasteiger partial charge is 0.496 e. The molecule has 32 heavy (non-hydrogen) atoms.